The Labute approximate surface area is 209 Å². The van der Waals surface area contributed by atoms with E-state index in [0.717, 1.165) is 49.4 Å². The number of nitrogens with two attached hydrogens (primary N) is 1. The number of nitrogens with one attached hydrogen (secondary N) is 1. The predicted octanol–water partition coefficient (Wildman–Crippen LogP) is 7.70. The van der Waals surface area contributed by atoms with Crippen molar-refractivity contribution >= 4 is 38.8 Å². The molecule has 0 unspecified atom stereocenters. The Morgan fingerprint density at radius 1 is 0.829 bits per heavy atom. The van der Waals surface area contributed by atoms with Gasteiger partial charge in [-0.2, -0.15) is 0 Å². The van der Waals surface area contributed by atoms with Crippen LogP contribution in [-0.2, 0) is 0 Å². The van der Waals surface area contributed by atoms with Crippen LogP contribution < -0.4 is 11.1 Å². The second kappa shape index (κ2) is 9.01. The molecule has 0 bridgehead atoms. The van der Waals surface area contributed by atoms with Crippen LogP contribution in [0.2, 0.25) is 0 Å². The standard InChI is InChI=1S/C30H27N3OS/c1-17-8-12-21(13-9-17)23-16-24(22-14-10-18(2)11-15-22)32-30-25(23)26(31)28(35-30)29(34)33-27-19(3)6-5-7-20(27)4/h5-16H,31H2,1-4H3,(H,33,34). The highest BCUT2D eigenvalue weighted by molar-refractivity contribution is 7.21. The predicted molar refractivity (Wildman–Crippen MR) is 148 cm³/mol. The van der Waals surface area contributed by atoms with Gasteiger partial charge in [-0.3, -0.25) is 4.79 Å². The minimum absolute atomic E-state index is 0.213. The first kappa shape index (κ1) is 22.8. The second-order valence-corrected chi connectivity index (χ2v) is 10.0. The summed E-state index contributed by atoms with van der Waals surface area (Å²) in [5, 5.41) is 3.90. The summed E-state index contributed by atoms with van der Waals surface area (Å²) in [7, 11) is 0. The third kappa shape index (κ3) is 4.31. The van der Waals surface area contributed by atoms with E-state index in [2.05, 4.69) is 73.8 Å². The molecule has 0 atom stereocenters. The van der Waals surface area contributed by atoms with E-state index in [9.17, 15) is 4.79 Å². The van der Waals surface area contributed by atoms with Crippen molar-refractivity contribution in [1.29, 1.82) is 0 Å². The van der Waals surface area contributed by atoms with Gasteiger partial charge < -0.3 is 11.1 Å². The number of nitrogen functional groups attached to an aromatic ring is 1. The number of anilines is 2. The number of para-hydroxylation sites is 1. The van der Waals surface area contributed by atoms with Gasteiger partial charge in [0.1, 0.15) is 9.71 Å². The Morgan fingerprint density at radius 3 is 2.00 bits per heavy atom. The van der Waals surface area contributed by atoms with Gasteiger partial charge in [0.2, 0.25) is 0 Å². The van der Waals surface area contributed by atoms with Crippen molar-refractivity contribution in [1.82, 2.24) is 4.98 Å². The van der Waals surface area contributed by atoms with Crippen LogP contribution in [0.4, 0.5) is 11.4 Å². The van der Waals surface area contributed by atoms with Crippen LogP contribution in [0.5, 0.6) is 0 Å². The third-order valence-corrected chi connectivity index (χ3v) is 7.43. The lowest BCUT2D eigenvalue weighted by Gasteiger charge is -2.11. The molecule has 0 fully saturated rings. The van der Waals surface area contributed by atoms with E-state index >= 15 is 0 Å². The minimum atomic E-state index is -0.213. The van der Waals surface area contributed by atoms with E-state index < -0.39 is 0 Å². The highest BCUT2D eigenvalue weighted by Gasteiger charge is 2.22. The van der Waals surface area contributed by atoms with Crippen molar-refractivity contribution in [2.24, 2.45) is 0 Å². The van der Waals surface area contributed by atoms with Crippen LogP contribution in [0.25, 0.3) is 32.6 Å². The lowest BCUT2D eigenvalue weighted by Crippen LogP contribution is -2.13. The molecule has 2 aromatic heterocycles. The van der Waals surface area contributed by atoms with Crippen LogP contribution in [-0.4, -0.2) is 10.9 Å². The summed E-state index contributed by atoms with van der Waals surface area (Å²) in [4.78, 5) is 19.6. The number of thiophene rings is 1. The summed E-state index contributed by atoms with van der Waals surface area (Å²) >= 11 is 1.34. The summed E-state index contributed by atoms with van der Waals surface area (Å²) < 4.78 is 0. The summed E-state index contributed by atoms with van der Waals surface area (Å²) in [6.07, 6.45) is 0. The first-order valence-electron chi connectivity index (χ1n) is 11.6. The molecule has 0 aliphatic heterocycles. The largest absolute Gasteiger partial charge is 0.397 e. The quantitative estimate of drug-likeness (QED) is 0.279. The fraction of sp³-hybridized carbons (Fsp3) is 0.133. The molecule has 2 heterocycles. The van der Waals surface area contributed by atoms with E-state index in [4.69, 9.17) is 10.7 Å². The van der Waals surface area contributed by atoms with Crippen molar-refractivity contribution in [3.8, 4) is 22.4 Å². The van der Waals surface area contributed by atoms with Crippen LogP contribution in [0.1, 0.15) is 31.9 Å². The van der Waals surface area contributed by atoms with Crippen molar-refractivity contribution in [3.63, 3.8) is 0 Å². The summed E-state index contributed by atoms with van der Waals surface area (Å²) in [5.41, 5.74) is 16.3. The average Bonchev–Trinajstić information content (AvgIpc) is 3.18. The number of hydrogen-bond donors (Lipinski definition) is 2. The molecule has 0 saturated carbocycles. The van der Waals surface area contributed by atoms with Gasteiger partial charge in [-0.1, -0.05) is 77.9 Å². The average molecular weight is 478 g/mol. The summed E-state index contributed by atoms with van der Waals surface area (Å²) in [5.74, 6) is -0.213. The number of pyridine rings is 1. The maximum absolute atomic E-state index is 13.4. The number of amides is 1. The molecule has 1 amide bonds. The molecule has 5 aromatic rings. The number of aryl methyl sites for hydroxylation is 4. The molecule has 0 aliphatic carbocycles. The molecule has 4 nitrogen and oxygen atoms in total. The Hall–Kier alpha value is -3.96. The second-order valence-electron chi connectivity index (χ2n) is 9.03. The monoisotopic (exact) mass is 477 g/mol. The number of benzene rings is 3. The van der Waals surface area contributed by atoms with Gasteiger partial charge in [-0.05, 0) is 56.0 Å². The fourth-order valence-corrected chi connectivity index (χ4v) is 5.32. The molecule has 35 heavy (non-hydrogen) atoms. The van der Waals surface area contributed by atoms with E-state index in [1.54, 1.807) is 0 Å². The lowest BCUT2D eigenvalue weighted by molar-refractivity contribution is 0.103. The Kier molecular flexibility index (Phi) is 5.87. The molecular formula is C30H27N3OS. The van der Waals surface area contributed by atoms with E-state index in [0.29, 0.717) is 10.6 Å². The number of rotatable bonds is 4. The molecule has 174 valence electrons. The van der Waals surface area contributed by atoms with Crippen molar-refractivity contribution in [3.05, 3.63) is 99.9 Å². The molecule has 0 radical (unpaired) electrons. The van der Waals surface area contributed by atoms with Crippen molar-refractivity contribution in [2.75, 3.05) is 11.1 Å². The number of aromatic nitrogens is 1. The normalized spacial score (nSPS) is 11.1. The van der Waals surface area contributed by atoms with Gasteiger partial charge in [0.05, 0.1) is 11.4 Å². The maximum Gasteiger partial charge on any atom is 0.267 e. The number of hydrogen-bond acceptors (Lipinski definition) is 4. The van der Waals surface area contributed by atoms with Crippen LogP contribution in [0.15, 0.2) is 72.8 Å². The van der Waals surface area contributed by atoms with Crippen molar-refractivity contribution < 1.29 is 4.79 Å². The number of carbonyl (C=O) groups excluding carboxylic acids is 1. The van der Waals surface area contributed by atoms with Crippen LogP contribution in [0.3, 0.4) is 0 Å². The molecule has 3 aromatic carbocycles. The smallest absolute Gasteiger partial charge is 0.267 e. The van der Waals surface area contributed by atoms with Gasteiger partial charge in [0.15, 0.2) is 0 Å². The molecule has 5 rings (SSSR count). The van der Waals surface area contributed by atoms with Gasteiger partial charge >= 0.3 is 0 Å². The minimum Gasteiger partial charge on any atom is -0.397 e. The van der Waals surface area contributed by atoms with E-state index in [1.165, 1.54) is 22.5 Å². The summed E-state index contributed by atoms with van der Waals surface area (Å²) in [6, 6.07) is 24.7. The fourth-order valence-electron chi connectivity index (χ4n) is 4.30. The Balaban J connectivity index is 1.68. The third-order valence-electron chi connectivity index (χ3n) is 6.33. The highest BCUT2D eigenvalue weighted by atomic mass is 32.1. The maximum atomic E-state index is 13.4. The first-order valence-corrected chi connectivity index (χ1v) is 12.4. The van der Waals surface area contributed by atoms with Crippen LogP contribution >= 0.6 is 11.3 Å². The molecule has 5 heteroatoms. The van der Waals surface area contributed by atoms with E-state index in [-0.39, 0.29) is 5.91 Å². The summed E-state index contributed by atoms with van der Waals surface area (Å²) in [6.45, 7) is 8.11. The molecule has 0 spiro atoms. The number of nitrogens with zero attached hydrogens (tertiary/aromatic N) is 1. The van der Waals surface area contributed by atoms with Crippen molar-refractivity contribution in [2.45, 2.75) is 27.7 Å². The Morgan fingerprint density at radius 2 is 1.40 bits per heavy atom. The van der Waals surface area contributed by atoms with Crippen LogP contribution in [0, 0.1) is 27.7 Å². The molecule has 0 aliphatic rings. The zero-order valence-electron chi connectivity index (χ0n) is 20.3. The van der Waals surface area contributed by atoms with Gasteiger partial charge in [0, 0.05) is 16.6 Å². The first-order chi connectivity index (χ1) is 16.8. The SMILES string of the molecule is Cc1ccc(-c2cc(-c3ccc(C)cc3)c3c(N)c(C(=O)Nc4c(C)cccc4C)sc3n2)cc1. The molecule has 3 N–H and O–H groups in total. The number of carbonyl (C=O) groups is 1. The molecular weight excluding hydrogens is 450 g/mol. The Bertz CT molecular complexity index is 1540. The van der Waals surface area contributed by atoms with Gasteiger partial charge in [-0.25, -0.2) is 4.98 Å². The highest BCUT2D eigenvalue weighted by Crippen LogP contribution is 2.41. The van der Waals surface area contributed by atoms with E-state index in [1.807, 2.05) is 32.0 Å². The van der Waals surface area contributed by atoms with Gasteiger partial charge in [-0.15, -0.1) is 11.3 Å². The lowest BCUT2D eigenvalue weighted by atomic mass is 9.98. The number of fused-ring (bicyclic) bond motifs is 1. The van der Waals surface area contributed by atoms with Gasteiger partial charge in [0.25, 0.3) is 5.91 Å². The molecule has 0 saturated heterocycles. The topological polar surface area (TPSA) is 68.0 Å². The zero-order valence-corrected chi connectivity index (χ0v) is 21.1. The zero-order chi connectivity index (χ0) is 24.7.